The molecule has 0 fully saturated rings. The molecule has 0 unspecified atom stereocenters. The van der Waals surface area contributed by atoms with E-state index in [9.17, 15) is 13.2 Å². The number of aromatic nitrogens is 4. The molecule has 27 heavy (non-hydrogen) atoms. The minimum Gasteiger partial charge on any atom is -0.337 e. The second-order valence-corrected chi connectivity index (χ2v) is 8.66. The lowest BCUT2D eigenvalue weighted by molar-refractivity contribution is 0.102. The lowest BCUT2D eigenvalue weighted by Crippen LogP contribution is -2.25. The molecule has 142 valence electrons. The van der Waals surface area contributed by atoms with Crippen LogP contribution in [0.2, 0.25) is 0 Å². The number of carbonyl (C=O) groups excluding carboxylic acids is 1. The number of benzene rings is 1. The van der Waals surface area contributed by atoms with Crippen LogP contribution in [-0.2, 0) is 16.6 Å². The highest BCUT2D eigenvalue weighted by molar-refractivity contribution is 7.91. The van der Waals surface area contributed by atoms with Gasteiger partial charge in [0.15, 0.2) is 0 Å². The highest BCUT2D eigenvalue weighted by Gasteiger charge is 2.20. The van der Waals surface area contributed by atoms with Crippen LogP contribution in [-0.4, -0.2) is 40.6 Å². The molecule has 3 rings (SSSR count). The summed E-state index contributed by atoms with van der Waals surface area (Å²) in [6.45, 7) is 2.83. The zero-order chi connectivity index (χ0) is 19.3. The van der Waals surface area contributed by atoms with Crippen LogP contribution in [0.1, 0.15) is 22.3 Å². The second-order valence-electron chi connectivity index (χ2n) is 5.75. The van der Waals surface area contributed by atoms with E-state index >= 15 is 0 Å². The van der Waals surface area contributed by atoms with Gasteiger partial charge in [-0.3, -0.25) is 10.1 Å². The third-order valence-corrected chi connectivity index (χ3v) is 6.28. The summed E-state index contributed by atoms with van der Waals surface area (Å²) >= 11 is 0.802. The van der Waals surface area contributed by atoms with Gasteiger partial charge in [-0.1, -0.05) is 29.0 Å². The quantitative estimate of drug-likeness (QED) is 0.434. The zero-order valence-electron chi connectivity index (χ0n) is 14.5. The Hall–Kier alpha value is -2.63. The van der Waals surface area contributed by atoms with Gasteiger partial charge in [-0.25, -0.2) is 18.1 Å². The van der Waals surface area contributed by atoms with Gasteiger partial charge in [-0.2, -0.15) is 0 Å². The first-order valence-electron chi connectivity index (χ1n) is 8.11. The van der Waals surface area contributed by atoms with E-state index in [1.54, 1.807) is 24.7 Å². The van der Waals surface area contributed by atoms with Crippen LogP contribution < -0.4 is 10.0 Å². The molecule has 1 amide bonds. The van der Waals surface area contributed by atoms with Crippen molar-refractivity contribution < 1.29 is 13.2 Å². The Morgan fingerprint density at radius 2 is 2.00 bits per heavy atom. The summed E-state index contributed by atoms with van der Waals surface area (Å²) in [4.78, 5) is 16.1. The molecule has 3 aromatic rings. The molecule has 0 atom stereocenters. The number of rotatable bonds is 8. The van der Waals surface area contributed by atoms with Crippen LogP contribution in [0.3, 0.4) is 0 Å². The van der Waals surface area contributed by atoms with E-state index in [1.807, 2.05) is 29.8 Å². The Bertz CT molecular complexity index is 997. The van der Waals surface area contributed by atoms with Crippen molar-refractivity contribution >= 4 is 32.4 Å². The average Bonchev–Trinajstić information content (AvgIpc) is 3.31. The molecule has 11 heteroatoms. The maximum Gasteiger partial charge on any atom is 0.269 e. The molecule has 0 saturated carbocycles. The molecule has 1 aromatic carbocycles. The molecule has 2 aromatic heterocycles. The van der Waals surface area contributed by atoms with Crippen LogP contribution in [0.5, 0.6) is 0 Å². The summed E-state index contributed by atoms with van der Waals surface area (Å²) in [6, 6.07) is 7.01. The van der Waals surface area contributed by atoms with E-state index in [1.165, 1.54) is 0 Å². The van der Waals surface area contributed by atoms with E-state index in [4.69, 9.17) is 0 Å². The first-order chi connectivity index (χ1) is 12.9. The Labute approximate surface area is 160 Å². The van der Waals surface area contributed by atoms with Gasteiger partial charge in [0, 0.05) is 31.0 Å². The highest BCUT2D eigenvalue weighted by Crippen LogP contribution is 2.20. The molecule has 0 aliphatic rings. The smallest absolute Gasteiger partial charge is 0.269 e. The third-order valence-electron chi connectivity index (χ3n) is 3.61. The molecule has 0 saturated heterocycles. The molecular weight excluding hydrogens is 388 g/mol. The Morgan fingerprint density at radius 3 is 2.70 bits per heavy atom. The maximum atomic E-state index is 12.3. The molecule has 0 aliphatic carbocycles. The van der Waals surface area contributed by atoms with Crippen molar-refractivity contribution in [1.82, 2.24) is 24.5 Å². The highest BCUT2D eigenvalue weighted by atomic mass is 32.2. The molecule has 2 heterocycles. The maximum absolute atomic E-state index is 12.3. The number of nitrogens with one attached hydrogen (secondary N) is 2. The lowest BCUT2D eigenvalue weighted by Gasteiger charge is -2.04. The first kappa shape index (κ1) is 19.1. The van der Waals surface area contributed by atoms with Crippen molar-refractivity contribution in [2.75, 3.05) is 11.9 Å². The molecule has 0 spiro atoms. The number of hydrogen-bond donors (Lipinski definition) is 2. The van der Waals surface area contributed by atoms with E-state index in [0.29, 0.717) is 18.5 Å². The third kappa shape index (κ3) is 5.18. The van der Waals surface area contributed by atoms with E-state index in [0.717, 1.165) is 16.9 Å². The monoisotopic (exact) mass is 406 g/mol. The van der Waals surface area contributed by atoms with E-state index < -0.39 is 10.0 Å². The largest absolute Gasteiger partial charge is 0.337 e. The van der Waals surface area contributed by atoms with Gasteiger partial charge >= 0.3 is 0 Å². The topological polar surface area (TPSA) is 119 Å². The molecule has 9 nitrogen and oxygen atoms in total. The Kier molecular flexibility index (Phi) is 5.94. The van der Waals surface area contributed by atoms with Crippen molar-refractivity contribution in [2.24, 2.45) is 0 Å². The summed E-state index contributed by atoms with van der Waals surface area (Å²) in [5.41, 5.74) is 1.49. The summed E-state index contributed by atoms with van der Waals surface area (Å²) in [6.07, 6.45) is 5.74. The van der Waals surface area contributed by atoms with Crippen LogP contribution in [0, 0.1) is 6.92 Å². The van der Waals surface area contributed by atoms with Gasteiger partial charge in [0.1, 0.15) is 0 Å². The molecule has 0 aliphatic heterocycles. The number of anilines is 1. The summed E-state index contributed by atoms with van der Waals surface area (Å²) in [5, 5.41) is 10.1. The van der Waals surface area contributed by atoms with Gasteiger partial charge in [-0.15, -0.1) is 10.2 Å². The number of nitrogens with zero attached hydrogens (tertiary/aromatic N) is 4. The fourth-order valence-corrected chi connectivity index (χ4v) is 4.20. The fraction of sp³-hybridized carbons (Fsp3) is 0.250. The van der Waals surface area contributed by atoms with Gasteiger partial charge in [-0.05, 0) is 25.5 Å². The van der Waals surface area contributed by atoms with Crippen LogP contribution in [0.25, 0.3) is 0 Å². The SMILES string of the molecule is Cc1ccc(C(=O)Nc2nnc(S(=O)(=O)NCCCn3ccnc3)s2)cc1. The number of carbonyl (C=O) groups is 1. The van der Waals surface area contributed by atoms with E-state index in [-0.39, 0.29) is 21.9 Å². The first-order valence-corrected chi connectivity index (χ1v) is 10.4. The minimum atomic E-state index is -3.77. The van der Waals surface area contributed by atoms with E-state index in [2.05, 4.69) is 25.2 Å². The Balaban J connectivity index is 1.55. The van der Waals surface area contributed by atoms with Crippen molar-refractivity contribution in [2.45, 2.75) is 24.2 Å². The fourth-order valence-electron chi connectivity index (χ4n) is 2.19. The number of sulfonamides is 1. The van der Waals surface area contributed by atoms with Crippen molar-refractivity contribution in [3.8, 4) is 0 Å². The predicted octanol–water partition coefficient (Wildman–Crippen LogP) is 1.66. The van der Waals surface area contributed by atoms with Crippen molar-refractivity contribution in [3.63, 3.8) is 0 Å². The predicted molar refractivity (Wildman–Crippen MR) is 101 cm³/mol. The summed E-state index contributed by atoms with van der Waals surface area (Å²) < 4.78 is 28.7. The van der Waals surface area contributed by atoms with Crippen LogP contribution >= 0.6 is 11.3 Å². The van der Waals surface area contributed by atoms with Gasteiger partial charge in [0.05, 0.1) is 6.33 Å². The van der Waals surface area contributed by atoms with Crippen molar-refractivity contribution in [3.05, 3.63) is 54.1 Å². The molecule has 0 bridgehead atoms. The molecule has 2 N–H and O–H groups in total. The average molecular weight is 406 g/mol. The normalized spacial score (nSPS) is 11.4. The van der Waals surface area contributed by atoms with Gasteiger partial charge < -0.3 is 4.57 Å². The standard InChI is InChI=1S/C16H18N6O3S2/c1-12-3-5-13(6-4-12)14(23)19-15-20-21-16(26-15)27(24,25)18-7-2-9-22-10-8-17-11-22/h3-6,8,10-11,18H,2,7,9H2,1H3,(H,19,20,23). The van der Waals surface area contributed by atoms with Gasteiger partial charge in [0.2, 0.25) is 9.47 Å². The van der Waals surface area contributed by atoms with Crippen LogP contribution in [0.15, 0.2) is 47.3 Å². The number of imidazole rings is 1. The number of hydrogen-bond acceptors (Lipinski definition) is 7. The molecule has 0 radical (unpaired) electrons. The summed E-state index contributed by atoms with van der Waals surface area (Å²) in [5.74, 6) is -0.372. The summed E-state index contributed by atoms with van der Waals surface area (Å²) in [7, 11) is -3.77. The lowest BCUT2D eigenvalue weighted by atomic mass is 10.1. The number of aryl methyl sites for hydroxylation is 2. The van der Waals surface area contributed by atoms with Crippen molar-refractivity contribution in [1.29, 1.82) is 0 Å². The molecular formula is C16H18N6O3S2. The minimum absolute atomic E-state index is 0.124. The number of amides is 1. The Morgan fingerprint density at radius 1 is 1.22 bits per heavy atom. The second kappa shape index (κ2) is 8.37. The zero-order valence-corrected chi connectivity index (χ0v) is 16.1. The van der Waals surface area contributed by atoms with Gasteiger partial charge in [0.25, 0.3) is 15.9 Å². The van der Waals surface area contributed by atoms with Crippen LogP contribution in [0.4, 0.5) is 5.13 Å².